The van der Waals surface area contributed by atoms with Gasteiger partial charge in [-0.1, -0.05) is 0 Å². The van der Waals surface area contributed by atoms with Crippen molar-refractivity contribution in [1.82, 2.24) is 4.90 Å². The van der Waals surface area contributed by atoms with Gasteiger partial charge in [0, 0.05) is 6.67 Å². The third kappa shape index (κ3) is 2.77. The number of hydrogen-bond acceptors (Lipinski definition) is 3. The standard InChI is InChI=1S/C8H19N3/c9-4-1-8-2-5-11(7-10)6-3-8/h8H,1-7,9-10H2. The molecule has 3 heteroatoms. The Hall–Kier alpha value is -0.120. The summed E-state index contributed by atoms with van der Waals surface area (Å²) in [5.41, 5.74) is 11.0. The normalized spacial score (nSPS) is 22.4. The van der Waals surface area contributed by atoms with Gasteiger partial charge in [-0.2, -0.15) is 0 Å². The third-order valence-corrected chi connectivity index (χ3v) is 2.54. The number of nitrogens with two attached hydrogens (primary N) is 2. The Morgan fingerprint density at radius 2 is 1.82 bits per heavy atom. The Morgan fingerprint density at radius 1 is 1.18 bits per heavy atom. The Balaban J connectivity index is 2.14. The molecule has 0 unspecified atom stereocenters. The van der Waals surface area contributed by atoms with Crippen molar-refractivity contribution in [3.05, 3.63) is 0 Å². The molecule has 1 heterocycles. The van der Waals surface area contributed by atoms with E-state index in [0.717, 1.165) is 19.1 Å². The lowest BCUT2D eigenvalue weighted by Crippen LogP contribution is -2.37. The summed E-state index contributed by atoms with van der Waals surface area (Å²) < 4.78 is 0. The predicted octanol–water partition coefficient (Wildman–Crippen LogP) is -0.0366. The van der Waals surface area contributed by atoms with Crippen molar-refractivity contribution in [2.45, 2.75) is 19.3 Å². The fraction of sp³-hybridized carbons (Fsp3) is 1.00. The van der Waals surface area contributed by atoms with Crippen LogP contribution in [0.3, 0.4) is 0 Å². The summed E-state index contributed by atoms with van der Waals surface area (Å²) in [6.07, 6.45) is 3.77. The summed E-state index contributed by atoms with van der Waals surface area (Å²) >= 11 is 0. The molecule has 11 heavy (non-hydrogen) atoms. The monoisotopic (exact) mass is 157 g/mol. The summed E-state index contributed by atoms with van der Waals surface area (Å²) in [6.45, 7) is 3.89. The predicted molar refractivity (Wildman–Crippen MR) is 47.0 cm³/mol. The molecule has 0 amide bonds. The van der Waals surface area contributed by atoms with Gasteiger partial charge >= 0.3 is 0 Å². The Morgan fingerprint density at radius 3 is 2.27 bits per heavy atom. The largest absolute Gasteiger partial charge is 0.330 e. The van der Waals surface area contributed by atoms with Crippen LogP contribution in [0.1, 0.15) is 19.3 Å². The molecule has 0 atom stereocenters. The zero-order valence-corrected chi connectivity index (χ0v) is 7.13. The Labute approximate surface area is 68.7 Å². The molecular formula is C8H19N3. The van der Waals surface area contributed by atoms with E-state index < -0.39 is 0 Å². The number of likely N-dealkylation sites (tertiary alicyclic amines) is 1. The van der Waals surface area contributed by atoms with Crippen LogP contribution in [-0.4, -0.2) is 31.2 Å². The second-order valence-electron chi connectivity index (χ2n) is 3.32. The van der Waals surface area contributed by atoms with Crippen molar-refractivity contribution < 1.29 is 0 Å². The van der Waals surface area contributed by atoms with Crippen molar-refractivity contribution in [3.63, 3.8) is 0 Å². The van der Waals surface area contributed by atoms with Gasteiger partial charge in [0.1, 0.15) is 0 Å². The number of hydrogen-bond donors (Lipinski definition) is 2. The van der Waals surface area contributed by atoms with Crippen LogP contribution in [0.4, 0.5) is 0 Å². The van der Waals surface area contributed by atoms with E-state index in [1.807, 2.05) is 0 Å². The van der Waals surface area contributed by atoms with Gasteiger partial charge < -0.3 is 11.5 Å². The second-order valence-corrected chi connectivity index (χ2v) is 3.32. The lowest BCUT2D eigenvalue weighted by atomic mass is 9.94. The zero-order valence-electron chi connectivity index (χ0n) is 7.13. The van der Waals surface area contributed by atoms with E-state index in [-0.39, 0.29) is 0 Å². The van der Waals surface area contributed by atoms with E-state index in [1.165, 1.54) is 32.4 Å². The quantitative estimate of drug-likeness (QED) is 0.604. The molecule has 66 valence electrons. The molecule has 0 aromatic heterocycles. The molecular weight excluding hydrogens is 138 g/mol. The fourth-order valence-corrected chi connectivity index (χ4v) is 1.69. The molecule has 0 saturated carbocycles. The van der Waals surface area contributed by atoms with Gasteiger partial charge in [-0.05, 0) is 44.8 Å². The molecule has 0 spiro atoms. The molecule has 0 aromatic carbocycles. The third-order valence-electron chi connectivity index (χ3n) is 2.54. The van der Waals surface area contributed by atoms with Crippen molar-refractivity contribution in [2.75, 3.05) is 26.3 Å². The van der Waals surface area contributed by atoms with Crippen molar-refractivity contribution in [3.8, 4) is 0 Å². The van der Waals surface area contributed by atoms with Crippen LogP contribution in [0.5, 0.6) is 0 Å². The maximum atomic E-state index is 5.52. The highest BCUT2D eigenvalue weighted by molar-refractivity contribution is 4.71. The summed E-state index contributed by atoms with van der Waals surface area (Å²) in [7, 11) is 0. The molecule has 1 fully saturated rings. The minimum Gasteiger partial charge on any atom is -0.330 e. The highest BCUT2D eigenvalue weighted by Gasteiger charge is 2.16. The molecule has 1 rings (SSSR count). The second kappa shape index (κ2) is 4.70. The fourth-order valence-electron chi connectivity index (χ4n) is 1.69. The van der Waals surface area contributed by atoms with E-state index in [4.69, 9.17) is 11.5 Å². The molecule has 0 aromatic rings. The van der Waals surface area contributed by atoms with Crippen LogP contribution in [-0.2, 0) is 0 Å². The van der Waals surface area contributed by atoms with Crippen LogP contribution in [0.25, 0.3) is 0 Å². The average molecular weight is 157 g/mol. The first-order valence-corrected chi connectivity index (χ1v) is 4.49. The summed E-state index contributed by atoms with van der Waals surface area (Å²) in [6, 6.07) is 0. The first kappa shape index (κ1) is 8.97. The van der Waals surface area contributed by atoms with Crippen molar-refractivity contribution in [2.24, 2.45) is 17.4 Å². The molecule has 3 nitrogen and oxygen atoms in total. The van der Waals surface area contributed by atoms with Crippen LogP contribution in [0.15, 0.2) is 0 Å². The zero-order chi connectivity index (χ0) is 8.10. The highest BCUT2D eigenvalue weighted by atomic mass is 15.2. The molecule has 1 saturated heterocycles. The smallest absolute Gasteiger partial charge is 0.0455 e. The Kier molecular flexibility index (Phi) is 3.83. The summed E-state index contributed by atoms with van der Waals surface area (Å²) in [5, 5.41) is 0. The van der Waals surface area contributed by atoms with E-state index >= 15 is 0 Å². The molecule has 0 aliphatic carbocycles. The minimum absolute atomic E-state index is 0.718. The molecule has 4 N–H and O–H groups in total. The minimum atomic E-state index is 0.718. The van der Waals surface area contributed by atoms with Crippen LogP contribution in [0.2, 0.25) is 0 Å². The van der Waals surface area contributed by atoms with E-state index in [0.29, 0.717) is 0 Å². The van der Waals surface area contributed by atoms with Crippen LogP contribution in [0, 0.1) is 5.92 Å². The Bertz CT molecular complexity index is 97.5. The van der Waals surface area contributed by atoms with Gasteiger partial charge in [-0.15, -0.1) is 0 Å². The number of rotatable bonds is 3. The number of piperidine rings is 1. The average Bonchev–Trinajstić information content (AvgIpc) is 2.07. The molecule has 0 radical (unpaired) electrons. The highest BCUT2D eigenvalue weighted by Crippen LogP contribution is 2.18. The van der Waals surface area contributed by atoms with Gasteiger partial charge in [0.25, 0.3) is 0 Å². The first-order valence-electron chi connectivity index (χ1n) is 4.49. The van der Waals surface area contributed by atoms with Crippen LogP contribution < -0.4 is 11.5 Å². The lowest BCUT2D eigenvalue weighted by molar-refractivity contribution is 0.184. The van der Waals surface area contributed by atoms with E-state index in [9.17, 15) is 0 Å². The maximum Gasteiger partial charge on any atom is 0.0455 e. The number of nitrogens with zero attached hydrogens (tertiary/aromatic N) is 1. The summed E-state index contributed by atoms with van der Waals surface area (Å²) in [4.78, 5) is 2.30. The van der Waals surface area contributed by atoms with Gasteiger partial charge in [-0.3, -0.25) is 4.90 Å². The van der Waals surface area contributed by atoms with Crippen molar-refractivity contribution in [1.29, 1.82) is 0 Å². The first-order chi connectivity index (χ1) is 5.36. The topological polar surface area (TPSA) is 55.3 Å². The van der Waals surface area contributed by atoms with E-state index in [1.54, 1.807) is 0 Å². The van der Waals surface area contributed by atoms with E-state index in [2.05, 4.69) is 4.90 Å². The van der Waals surface area contributed by atoms with Gasteiger partial charge in [-0.25, -0.2) is 0 Å². The van der Waals surface area contributed by atoms with Crippen molar-refractivity contribution >= 4 is 0 Å². The molecule has 0 bridgehead atoms. The molecule has 1 aliphatic rings. The van der Waals surface area contributed by atoms with Gasteiger partial charge in [0.15, 0.2) is 0 Å². The van der Waals surface area contributed by atoms with Crippen LogP contribution >= 0.6 is 0 Å². The molecule has 1 aliphatic heterocycles. The summed E-state index contributed by atoms with van der Waals surface area (Å²) in [5.74, 6) is 0.864. The van der Waals surface area contributed by atoms with Gasteiger partial charge in [0.05, 0.1) is 0 Å². The lowest BCUT2D eigenvalue weighted by Gasteiger charge is -2.30. The van der Waals surface area contributed by atoms with Gasteiger partial charge in [0.2, 0.25) is 0 Å². The maximum absolute atomic E-state index is 5.52. The SMILES string of the molecule is NCCC1CCN(CN)CC1.